The molecule has 0 amide bonds. The molecule has 1 aromatic carbocycles. The maximum absolute atomic E-state index is 12.9. The molecule has 3 rings (SSSR count). The average Bonchev–Trinajstić information content (AvgIpc) is 2.55. The van der Waals surface area contributed by atoms with Crippen molar-refractivity contribution >= 4 is 17.3 Å². The van der Waals surface area contributed by atoms with Crippen molar-refractivity contribution in [2.45, 2.75) is 6.54 Å². The highest BCUT2D eigenvalue weighted by Crippen LogP contribution is 2.20. The van der Waals surface area contributed by atoms with Gasteiger partial charge >= 0.3 is 0 Å². The van der Waals surface area contributed by atoms with Crippen LogP contribution in [-0.2, 0) is 6.54 Å². The Balaban J connectivity index is 1.83. The van der Waals surface area contributed by atoms with Crippen LogP contribution in [0.25, 0.3) is 0 Å². The molecule has 2 aromatic rings. The Kier molecular flexibility index (Phi) is 4.63. The highest BCUT2D eigenvalue weighted by molar-refractivity contribution is 6.33. The van der Waals surface area contributed by atoms with Crippen LogP contribution in [0, 0.1) is 5.82 Å². The second-order valence-electron chi connectivity index (χ2n) is 5.88. The summed E-state index contributed by atoms with van der Waals surface area (Å²) in [4.78, 5) is 16.0. The summed E-state index contributed by atoms with van der Waals surface area (Å²) >= 11 is 6.28. The highest BCUT2D eigenvalue weighted by Gasteiger charge is 2.21. The molecule has 0 unspecified atom stereocenters. The van der Waals surface area contributed by atoms with Gasteiger partial charge in [-0.15, -0.1) is 0 Å². The number of aromatic nitrogens is 2. The van der Waals surface area contributed by atoms with Gasteiger partial charge in [0, 0.05) is 0 Å². The zero-order chi connectivity index (χ0) is 16.4. The lowest BCUT2D eigenvalue weighted by Gasteiger charge is -2.31. The van der Waals surface area contributed by atoms with Crippen molar-refractivity contribution in [3.8, 4) is 0 Å². The van der Waals surface area contributed by atoms with Crippen LogP contribution in [0.4, 0.5) is 10.1 Å². The Morgan fingerprint density at radius 3 is 2.57 bits per heavy atom. The number of nitrogens with zero attached hydrogens (tertiary/aromatic N) is 3. The number of hydrogen-bond acceptors (Lipinski definition) is 3. The standard InChI is InChI=1S/C16H18ClFN4O/c1-20-6-8-21(9-7-20)14-10-19-22(16(23)15(14)17)11-12-2-4-13(18)5-3-12/h2-5,10H,6-9,11H2,1H3/p+1. The van der Waals surface area contributed by atoms with Crippen LogP contribution in [0.15, 0.2) is 35.3 Å². The second kappa shape index (κ2) is 6.68. The van der Waals surface area contributed by atoms with E-state index in [2.05, 4.69) is 17.0 Å². The minimum Gasteiger partial charge on any atom is -0.358 e. The van der Waals surface area contributed by atoms with Gasteiger partial charge in [-0.05, 0) is 17.7 Å². The van der Waals surface area contributed by atoms with Crippen LogP contribution < -0.4 is 15.4 Å². The van der Waals surface area contributed by atoms with Gasteiger partial charge in [0.2, 0.25) is 0 Å². The topological polar surface area (TPSA) is 42.6 Å². The van der Waals surface area contributed by atoms with E-state index < -0.39 is 0 Å². The monoisotopic (exact) mass is 337 g/mol. The summed E-state index contributed by atoms with van der Waals surface area (Å²) in [5.74, 6) is -0.306. The molecule has 0 aliphatic carbocycles. The zero-order valence-corrected chi connectivity index (χ0v) is 13.7. The van der Waals surface area contributed by atoms with Crippen molar-refractivity contribution < 1.29 is 9.29 Å². The predicted molar refractivity (Wildman–Crippen MR) is 87.8 cm³/mol. The Morgan fingerprint density at radius 1 is 1.26 bits per heavy atom. The molecule has 7 heteroatoms. The van der Waals surface area contributed by atoms with Gasteiger partial charge in [-0.3, -0.25) is 4.79 Å². The van der Waals surface area contributed by atoms with E-state index in [1.807, 2.05) is 0 Å². The molecule has 5 nitrogen and oxygen atoms in total. The van der Waals surface area contributed by atoms with Crippen LogP contribution in [0.1, 0.15) is 5.56 Å². The SMILES string of the molecule is C[NH+]1CCN(c2cnn(Cc3ccc(F)cc3)c(=O)c2Cl)CC1. The summed E-state index contributed by atoms with van der Waals surface area (Å²) in [6.45, 7) is 4.00. The molecule has 23 heavy (non-hydrogen) atoms. The molecular weight excluding hydrogens is 319 g/mol. The Labute approximate surface area is 138 Å². The fourth-order valence-electron chi connectivity index (χ4n) is 2.68. The summed E-state index contributed by atoms with van der Waals surface area (Å²) in [7, 11) is 2.15. The molecule has 1 saturated heterocycles. The van der Waals surface area contributed by atoms with Crippen molar-refractivity contribution in [3.63, 3.8) is 0 Å². The van der Waals surface area contributed by atoms with Gasteiger partial charge < -0.3 is 9.80 Å². The molecule has 0 spiro atoms. The molecule has 1 aliphatic rings. The first-order valence-electron chi connectivity index (χ1n) is 7.61. The number of rotatable bonds is 3. The quantitative estimate of drug-likeness (QED) is 0.882. The Bertz CT molecular complexity index is 739. The molecule has 0 bridgehead atoms. The van der Waals surface area contributed by atoms with Crippen LogP contribution in [0.5, 0.6) is 0 Å². The molecule has 0 saturated carbocycles. The molecule has 1 fully saturated rings. The minimum absolute atomic E-state index is 0.196. The summed E-state index contributed by atoms with van der Waals surface area (Å²) in [6.07, 6.45) is 1.65. The molecule has 0 radical (unpaired) electrons. The minimum atomic E-state index is -0.320. The summed E-state index contributed by atoms with van der Waals surface area (Å²) in [5, 5.41) is 4.42. The molecule has 0 atom stereocenters. The van der Waals surface area contributed by atoms with Crippen LogP contribution in [0.2, 0.25) is 5.02 Å². The fraction of sp³-hybridized carbons (Fsp3) is 0.375. The van der Waals surface area contributed by atoms with Crippen LogP contribution in [-0.4, -0.2) is 43.0 Å². The van der Waals surface area contributed by atoms with Crippen molar-refractivity contribution in [2.75, 3.05) is 38.1 Å². The third kappa shape index (κ3) is 3.54. The van der Waals surface area contributed by atoms with E-state index in [9.17, 15) is 9.18 Å². The number of piperazine rings is 1. The first-order valence-corrected chi connectivity index (χ1v) is 7.98. The van der Waals surface area contributed by atoms with Gasteiger partial charge in [-0.25, -0.2) is 9.07 Å². The molecular formula is C16H19ClFN4O+. The third-order valence-corrected chi connectivity index (χ3v) is 4.53. The zero-order valence-electron chi connectivity index (χ0n) is 12.9. The van der Waals surface area contributed by atoms with E-state index in [-0.39, 0.29) is 22.9 Å². The van der Waals surface area contributed by atoms with E-state index in [1.54, 1.807) is 18.3 Å². The van der Waals surface area contributed by atoms with Gasteiger partial charge in [0.05, 0.1) is 51.7 Å². The number of anilines is 1. The molecule has 122 valence electrons. The Hall–Kier alpha value is -1.92. The lowest BCUT2D eigenvalue weighted by Crippen LogP contribution is -3.12. The lowest BCUT2D eigenvalue weighted by atomic mass is 10.2. The summed E-state index contributed by atoms with van der Waals surface area (Å²) in [5.41, 5.74) is 1.17. The van der Waals surface area contributed by atoms with Gasteiger partial charge in [0.1, 0.15) is 10.8 Å². The first kappa shape index (κ1) is 16.0. The number of benzene rings is 1. The maximum atomic E-state index is 12.9. The van der Waals surface area contributed by atoms with E-state index in [0.717, 1.165) is 31.7 Å². The molecule has 1 N–H and O–H groups in total. The largest absolute Gasteiger partial charge is 0.358 e. The lowest BCUT2D eigenvalue weighted by molar-refractivity contribution is -0.880. The van der Waals surface area contributed by atoms with Crippen molar-refractivity contribution in [1.29, 1.82) is 0 Å². The summed E-state index contributed by atoms with van der Waals surface area (Å²) < 4.78 is 14.2. The predicted octanol–water partition coefficient (Wildman–Crippen LogP) is 0.419. The van der Waals surface area contributed by atoms with E-state index in [0.29, 0.717) is 5.69 Å². The van der Waals surface area contributed by atoms with Gasteiger partial charge in [-0.2, -0.15) is 5.10 Å². The van der Waals surface area contributed by atoms with Gasteiger partial charge in [-0.1, -0.05) is 23.7 Å². The molecule has 1 aliphatic heterocycles. The van der Waals surface area contributed by atoms with E-state index >= 15 is 0 Å². The van der Waals surface area contributed by atoms with Crippen molar-refractivity contribution in [2.24, 2.45) is 0 Å². The first-order chi connectivity index (χ1) is 11.0. The van der Waals surface area contributed by atoms with Crippen molar-refractivity contribution in [1.82, 2.24) is 9.78 Å². The highest BCUT2D eigenvalue weighted by atomic mass is 35.5. The number of quaternary nitrogens is 1. The van der Waals surface area contributed by atoms with E-state index in [4.69, 9.17) is 11.6 Å². The van der Waals surface area contributed by atoms with E-state index in [1.165, 1.54) is 21.7 Å². The second-order valence-corrected chi connectivity index (χ2v) is 6.26. The fourth-order valence-corrected chi connectivity index (χ4v) is 2.95. The smallest absolute Gasteiger partial charge is 0.287 e. The number of nitrogens with one attached hydrogen (secondary N) is 1. The average molecular weight is 338 g/mol. The van der Waals surface area contributed by atoms with Crippen LogP contribution >= 0.6 is 11.6 Å². The number of likely N-dealkylation sites (N-methyl/N-ethyl adjacent to an activating group) is 1. The Morgan fingerprint density at radius 2 is 1.91 bits per heavy atom. The van der Waals surface area contributed by atoms with Gasteiger partial charge in [0.15, 0.2) is 0 Å². The van der Waals surface area contributed by atoms with Crippen LogP contribution in [0.3, 0.4) is 0 Å². The molecule has 2 heterocycles. The summed E-state index contributed by atoms with van der Waals surface area (Å²) in [6, 6.07) is 5.99. The van der Waals surface area contributed by atoms with Crippen molar-refractivity contribution in [3.05, 3.63) is 57.2 Å². The normalized spacial score (nSPS) is 15.9. The molecule has 1 aromatic heterocycles. The number of halogens is 2. The maximum Gasteiger partial charge on any atom is 0.287 e. The third-order valence-electron chi connectivity index (χ3n) is 4.17. The van der Waals surface area contributed by atoms with Gasteiger partial charge in [0.25, 0.3) is 5.56 Å². The number of hydrogen-bond donors (Lipinski definition) is 1.